The number of hydrogen-bond acceptors (Lipinski definition) is 11. The summed E-state index contributed by atoms with van der Waals surface area (Å²) in [5.74, 6) is 2.21. The Morgan fingerprint density at radius 3 is 1.42 bits per heavy atom. The van der Waals surface area contributed by atoms with Crippen LogP contribution in [0.15, 0.2) is 24.4 Å². The third kappa shape index (κ3) is 62.6. The van der Waals surface area contributed by atoms with Gasteiger partial charge in [0, 0.05) is 137 Å². The lowest BCUT2D eigenvalue weighted by Gasteiger charge is -2.37. The fourth-order valence-electron chi connectivity index (χ4n) is 7.21. The van der Waals surface area contributed by atoms with E-state index in [0.29, 0.717) is 31.6 Å². The summed E-state index contributed by atoms with van der Waals surface area (Å²) in [5, 5.41) is 7.03. The van der Waals surface area contributed by atoms with Crippen LogP contribution < -0.4 is 10.6 Å². The summed E-state index contributed by atoms with van der Waals surface area (Å²) in [4.78, 5) is 47.7. The summed E-state index contributed by atoms with van der Waals surface area (Å²) in [6.07, 6.45) is 15.7. The molecular weight excluding hydrogens is 1230 g/mol. The molecule has 0 aromatic rings. The van der Waals surface area contributed by atoms with Gasteiger partial charge in [-0.1, -0.05) is 105 Å². The van der Waals surface area contributed by atoms with E-state index >= 15 is 0 Å². The highest BCUT2D eigenvalue weighted by Gasteiger charge is 2.39. The first-order chi connectivity index (χ1) is 34.7. The van der Waals surface area contributed by atoms with E-state index < -0.39 is 50.4 Å². The van der Waals surface area contributed by atoms with Crippen molar-refractivity contribution in [1.82, 2.24) is 10.6 Å². The summed E-state index contributed by atoms with van der Waals surface area (Å²) >= 11 is 11.0. The molecule has 0 aromatic carbocycles. The SMILES string of the molecule is C=C[Si](C)(C)O[Si](C)(C)O[Si](C)(C)C.CC(C)CCCCCCCNC(=O)C/C=C/CC(=O)C(C)C.CC(C)CCCNC(=O)CCC(CC(=O)C(C)C)SC[Si](C)(C)O[Si](C)(C)O[Si](C)(C)C.S=S=S=S=S=S=S=S. The molecule has 0 radical (unpaired) electrons. The largest absolute Gasteiger partial charge is 0.437 e. The van der Waals surface area contributed by atoms with Gasteiger partial charge in [0.05, 0.1) is 0 Å². The number of thioether (sulfide) groups is 1. The summed E-state index contributed by atoms with van der Waals surface area (Å²) in [6, 6.07) is 0. The van der Waals surface area contributed by atoms with E-state index in [-0.39, 0.29) is 40.5 Å². The van der Waals surface area contributed by atoms with Crippen molar-refractivity contribution >= 4 is 161 Å². The average molecular weight is 1340 g/mol. The van der Waals surface area contributed by atoms with Crippen LogP contribution in [0, 0.1) is 23.7 Å². The highest BCUT2D eigenvalue weighted by molar-refractivity contribution is 8.70. The van der Waals surface area contributed by atoms with Gasteiger partial charge in [0.1, 0.15) is 11.6 Å². The Kier molecular flexibility index (Phi) is 51.0. The molecule has 10 nitrogen and oxygen atoms in total. The van der Waals surface area contributed by atoms with Crippen molar-refractivity contribution in [2.45, 2.75) is 236 Å². The molecule has 0 saturated heterocycles. The molecule has 0 fully saturated rings. The number of carbonyl (C=O) groups excluding carboxylic acids is 4. The van der Waals surface area contributed by atoms with Crippen molar-refractivity contribution in [2.75, 3.05) is 18.5 Å². The van der Waals surface area contributed by atoms with Gasteiger partial charge in [-0.2, -0.15) is 11.8 Å². The van der Waals surface area contributed by atoms with Crippen LogP contribution in [0.25, 0.3) is 0 Å². The molecule has 2 amide bonds. The maximum absolute atomic E-state index is 12.4. The molecular formula is C51H110N2O8S9Si6. The van der Waals surface area contributed by atoms with Crippen molar-refractivity contribution < 1.29 is 35.6 Å². The molecule has 450 valence electrons. The molecule has 0 bridgehead atoms. The second-order valence-corrected chi connectivity index (χ2v) is 61.6. The molecule has 1 unspecified atom stereocenters. The molecule has 0 aromatic heterocycles. The number of allylic oxidation sites excluding steroid dienone is 1. The molecule has 0 heterocycles. The minimum Gasteiger partial charge on any atom is -0.437 e. The predicted octanol–water partition coefficient (Wildman–Crippen LogP) is 14.5. The van der Waals surface area contributed by atoms with Gasteiger partial charge in [-0.05, 0) is 129 Å². The molecule has 0 aliphatic rings. The van der Waals surface area contributed by atoms with Crippen molar-refractivity contribution in [1.29, 1.82) is 0 Å². The van der Waals surface area contributed by atoms with Gasteiger partial charge in [0.2, 0.25) is 11.8 Å². The Hall–Kier alpha value is 1.01. The first-order valence-electron chi connectivity index (χ1n) is 27.3. The third-order valence-electron chi connectivity index (χ3n) is 10.2. The number of Topliss-reactive ketones (excluding diaryl/α,β-unsaturated/α-hetero) is 2. The van der Waals surface area contributed by atoms with Crippen LogP contribution in [-0.4, -0.2) is 97.5 Å². The van der Waals surface area contributed by atoms with Crippen LogP contribution in [0.4, 0.5) is 0 Å². The Morgan fingerprint density at radius 1 is 0.526 bits per heavy atom. The Balaban J connectivity index is -0.000000506. The zero-order chi connectivity index (χ0) is 59.8. The minimum absolute atomic E-state index is 0.0287. The lowest BCUT2D eigenvalue weighted by atomic mass is 10.0. The van der Waals surface area contributed by atoms with Crippen molar-refractivity contribution in [3.05, 3.63) is 24.4 Å². The molecule has 0 spiro atoms. The maximum Gasteiger partial charge on any atom is 0.311 e. The fourth-order valence-corrected chi connectivity index (χ4v) is 45.7. The number of nitrogens with one attached hydrogen (secondary N) is 2. The topological polar surface area (TPSA) is 129 Å². The van der Waals surface area contributed by atoms with Crippen LogP contribution in [0.1, 0.15) is 139 Å². The summed E-state index contributed by atoms with van der Waals surface area (Å²) in [6.45, 7) is 52.5. The number of rotatable bonds is 35. The zero-order valence-electron chi connectivity index (χ0n) is 51.6. The van der Waals surface area contributed by atoms with Gasteiger partial charge in [0.15, 0.2) is 33.3 Å². The van der Waals surface area contributed by atoms with Gasteiger partial charge in [-0.15, -0.1) is 6.58 Å². The molecule has 0 rings (SSSR count). The number of amides is 2. The van der Waals surface area contributed by atoms with E-state index in [1.807, 2.05) is 45.2 Å². The van der Waals surface area contributed by atoms with E-state index in [4.69, 9.17) is 16.5 Å². The fraction of sp³-hybridized carbons (Fsp3) is 0.843. The lowest BCUT2D eigenvalue weighted by molar-refractivity contribution is -0.123. The molecule has 25 heteroatoms. The minimum atomic E-state index is -2.18. The quantitative estimate of drug-likeness (QED) is 0.0357. The van der Waals surface area contributed by atoms with Crippen LogP contribution in [-0.2, 0) is 111 Å². The Labute approximate surface area is 504 Å². The zero-order valence-corrected chi connectivity index (χ0v) is 64.9. The van der Waals surface area contributed by atoms with Crippen molar-refractivity contribution in [3.8, 4) is 0 Å². The maximum atomic E-state index is 12.4. The van der Waals surface area contributed by atoms with E-state index in [0.717, 1.165) is 50.1 Å². The van der Waals surface area contributed by atoms with Crippen molar-refractivity contribution in [2.24, 2.45) is 23.7 Å². The average Bonchev–Trinajstić information content (AvgIpc) is 3.25. The third-order valence-corrected chi connectivity index (χ3v) is 43.7. The van der Waals surface area contributed by atoms with Gasteiger partial charge in [-0.3, -0.25) is 19.2 Å². The second kappa shape index (κ2) is 46.4. The van der Waals surface area contributed by atoms with Crippen molar-refractivity contribution in [3.63, 3.8) is 0 Å². The van der Waals surface area contributed by atoms with Crippen LogP contribution >= 0.6 is 11.8 Å². The number of unbranched alkanes of at least 4 members (excludes halogenated alkanes) is 4. The van der Waals surface area contributed by atoms with Gasteiger partial charge in [-0.25, -0.2) is 0 Å². The summed E-state index contributed by atoms with van der Waals surface area (Å²) in [5.41, 5.74) is 1.97. The first kappa shape index (κ1) is 83.5. The molecule has 0 saturated carbocycles. The Bertz CT molecular complexity index is 1920. The summed E-state index contributed by atoms with van der Waals surface area (Å²) in [7, 11) is -1.79. The lowest BCUT2D eigenvalue weighted by Crippen LogP contribution is -2.52. The van der Waals surface area contributed by atoms with Crippen LogP contribution in [0.2, 0.25) is 91.7 Å². The normalized spacial score (nSPS) is 12.6. The molecule has 76 heavy (non-hydrogen) atoms. The molecule has 1 atom stereocenters. The van der Waals surface area contributed by atoms with E-state index in [9.17, 15) is 19.2 Å². The van der Waals surface area contributed by atoms with Gasteiger partial charge >= 0.3 is 17.1 Å². The summed E-state index contributed by atoms with van der Waals surface area (Å²) < 4.78 is 25.2. The van der Waals surface area contributed by atoms with Crippen LogP contribution in [0.5, 0.6) is 0 Å². The van der Waals surface area contributed by atoms with E-state index in [1.165, 1.54) is 49.9 Å². The van der Waals surface area contributed by atoms with Gasteiger partial charge in [0.25, 0.3) is 0 Å². The predicted molar refractivity (Wildman–Crippen MR) is 371 cm³/mol. The molecule has 0 aliphatic heterocycles. The monoisotopic (exact) mass is 1330 g/mol. The number of ketones is 2. The highest BCUT2D eigenvalue weighted by Crippen LogP contribution is 2.29. The van der Waals surface area contributed by atoms with Gasteiger partial charge < -0.3 is 27.1 Å². The standard InChI is InChI=1S/C23H51NO4SSi3.C19H35NO2.C9H24O2Si3.S8/c1-19(2)13-12-16-24-23(26)15-14-21(17-22(25)20(3)4)29-18-31(8,9)28-32(10,11)27-30(5,6)7;1-16(2)12-8-6-5-7-11-15-20-19(22)14-10-9-13-18(21)17(3)4;1-9-13(5,6)11-14(7,8)10-12(2,3)4;1-3-5-7-8-6-4-2/h19-21H,12-18H2,1-11H3,(H,24,26);9-10,16-17H,5-8,11-15H2,1-4H3,(H,20,22);9H,1H2,2-8H3;/b;10-9+;;. The molecule has 2 N–H and O–H groups in total. The number of hydrogen-bond donors (Lipinski definition) is 2. The highest BCUT2D eigenvalue weighted by atomic mass is 33.4. The first-order valence-corrected chi connectivity index (χ1v) is 56.2. The van der Waals surface area contributed by atoms with E-state index in [2.05, 4.69) is 159 Å². The smallest absolute Gasteiger partial charge is 0.311 e. The second-order valence-electron chi connectivity index (χ2n) is 24.4. The van der Waals surface area contributed by atoms with Crippen LogP contribution in [0.3, 0.4) is 0 Å². The molecule has 0 aliphatic carbocycles. The van der Waals surface area contributed by atoms with E-state index in [1.54, 1.807) is 47.7 Å². The number of carbonyl (C=O) groups is 4. The Morgan fingerprint density at radius 2 is 0.961 bits per heavy atom.